The Kier molecular flexibility index (Phi) is 4.87. The number of anilines is 1. The maximum Gasteiger partial charge on any atom is 0.253 e. The largest absolute Gasteiger partial charge is 0.368 e. The molecule has 3 N–H and O–H groups in total. The van der Waals surface area contributed by atoms with Gasteiger partial charge >= 0.3 is 0 Å². The lowest BCUT2D eigenvalue weighted by atomic mass is 9.90. The molecule has 130 valence electrons. The van der Waals surface area contributed by atoms with Crippen molar-refractivity contribution in [2.45, 2.75) is 32.3 Å². The number of carbonyl (C=O) groups is 2. The lowest BCUT2D eigenvalue weighted by molar-refractivity contribution is -0.124. The number of ether oxygens (including phenoxy) is 1. The van der Waals surface area contributed by atoms with Crippen LogP contribution in [-0.4, -0.2) is 49.1 Å². The molecule has 2 unspecified atom stereocenters. The molecule has 0 aromatic heterocycles. The van der Waals surface area contributed by atoms with Crippen LogP contribution in [0.1, 0.15) is 36.5 Å². The Morgan fingerprint density at radius 3 is 2.96 bits per heavy atom. The number of likely N-dealkylation sites (tertiary alicyclic amines) is 1. The molecule has 2 saturated heterocycles. The minimum atomic E-state index is -0.381. The zero-order chi connectivity index (χ0) is 17.2. The third kappa shape index (κ3) is 3.60. The summed E-state index contributed by atoms with van der Waals surface area (Å²) in [7, 11) is 0. The van der Waals surface area contributed by atoms with Crippen LogP contribution in [0.2, 0.25) is 0 Å². The summed E-state index contributed by atoms with van der Waals surface area (Å²) in [6.45, 7) is 4.71. The highest BCUT2D eigenvalue weighted by atomic mass is 16.5. The smallest absolute Gasteiger partial charge is 0.253 e. The summed E-state index contributed by atoms with van der Waals surface area (Å²) in [6.07, 6.45) is 2.19. The Morgan fingerprint density at radius 1 is 1.46 bits per heavy atom. The Hall–Kier alpha value is -1.92. The zero-order valence-electron chi connectivity index (χ0n) is 14.1. The highest BCUT2D eigenvalue weighted by Crippen LogP contribution is 2.29. The van der Waals surface area contributed by atoms with E-state index in [0.717, 1.165) is 25.8 Å². The van der Waals surface area contributed by atoms with Gasteiger partial charge in [-0.05, 0) is 49.4 Å². The molecule has 2 heterocycles. The summed E-state index contributed by atoms with van der Waals surface area (Å²) >= 11 is 0. The standard InChI is InChI=1S/C18H25N3O3/c1-18(11-19)7-8-21(12-18)17(23)13-4-2-5-14(10-13)20-16(22)15-6-3-9-24-15/h2,4-5,10,15H,3,6-9,11-12,19H2,1H3,(H,20,22). The van der Waals surface area contributed by atoms with E-state index in [-0.39, 0.29) is 23.3 Å². The molecular formula is C18H25N3O3. The normalized spacial score (nSPS) is 26.6. The predicted molar refractivity (Wildman–Crippen MR) is 91.7 cm³/mol. The van der Waals surface area contributed by atoms with Crippen molar-refractivity contribution in [2.75, 3.05) is 31.6 Å². The van der Waals surface area contributed by atoms with E-state index in [1.165, 1.54) is 0 Å². The number of carbonyl (C=O) groups excluding carboxylic acids is 2. The molecule has 1 aromatic rings. The summed E-state index contributed by atoms with van der Waals surface area (Å²) in [5.41, 5.74) is 7.02. The quantitative estimate of drug-likeness (QED) is 0.878. The third-order valence-corrected chi connectivity index (χ3v) is 4.94. The summed E-state index contributed by atoms with van der Waals surface area (Å²) in [4.78, 5) is 26.7. The molecule has 2 aliphatic heterocycles. The van der Waals surface area contributed by atoms with Crippen molar-refractivity contribution in [1.82, 2.24) is 4.90 Å². The molecule has 2 amide bonds. The fourth-order valence-electron chi connectivity index (χ4n) is 3.28. The van der Waals surface area contributed by atoms with E-state index in [0.29, 0.717) is 30.9 Å². The van der Waals surface area contributed by atoms with Gasteiger partial charge in [0.25, 0.3) is 11.8 Å². The lowest BCUT2D eigenvalue weighted by Gasteiger charge is -2.22. The number of hydrogen-bond donors (Lipinski definition) is 2. The Bertz CT molecular complexity index is 628. The van der Waals surface area contributed by atoms with Crippen molar-refractivity contribution in [2.24, 2.45) is 11.1 Å². The second-order valence-electron chi connectivity index (χ2n) is 7.06. The van der Waals surface area contributed by atoms with Gasteiger partial charge in [0.05, 0.1) is 0 Å². The predicted octanol–water partition coefficient (Wildman–Crippen LogP) is 1.61. The third-order valence-electron chi connectivity index (χ3n) is 4.94. The minimum absolute atomic E-state index is 0.00129. The van der Waals surface area contributed by atoms with Gasteiger partial charge in [0, 0.05) is 30.9 Å². The van der Waals surface area contributed by atoms with Crippen molar-refractivity contribution in [3.63, 3.8) is 0 Å². The van der Waals surface area contributed by atoms with E-state index >= 15 is 0 Å². The summed E-state index contributed by atoms with van der Waals surface area (Å²) in [6, 6.07) is 7.09. The van der Waals surface area contributed by atoms with E-state index in [1.807, 2.05) is 4.90 Å². The van der Waals surface area contributed by atoms with E-state index in [9.17, 15) is 9.59 Å². The van der Waals surface area contributed by atoms with Crippen LogP contribution in [0.4, 0.5) is 5.69 Å². The van der Waals surface area contributed by atoms with Crippen LogP contribution in [0.25, 0.3) is 0 Å². The van der Waals surface area contributed by atoms with E-state index in [2.05, 4.69) is 12.2 Å². The topological polar surface area (TPSA) is 84.7 Å². The van der Waals surface area contributed by atoms with E-state index < -0.39 is 0 Å². The number of rotatable bonds is 4. The first-order valence-electron chi connectivity index (χ1n) is 8.53. The second-order valence-corrected chi connectivity index (χ2v) is 7.06. The molecule has 0 radical (unpaired) electrons. The van der Waals surface area contributed by atoms with Gasteiger partial charge in [0.1, 0.15) is 6.10 Å². The zero-order valence-corrected chi connectivity index (χ0v) is 14.1. The Morgan fingerprint density at radius 2 is 2.29 bits per heavy atom. The van der Waals surface area contributed by atoms with Crippen LogP contribution in [0.15, 0.2) is 24.3 Å². The molecule has 0 aliphatic carbocycles. The number of nitrogens with zero attached hydrogens (tertiary/aromatic N) is 1. The molecule has 6 nitrogen and oxygen atoms in total. The first-order chi connectivity index (χ1) is 11.5. The molecule has 0 bridgehead atoms. The van der Waals surface area contributed by atoms with Gasteiger partial charge in [-0.15, -0.1) is 0 Å². The highest BCUT2D eigenvalue weighted by molar-refractivity contribution is 5.98. The molecular weight excluding hydrogens is 306 g/mol. The average Bonchev–Trinajstić information content (AvgIpc) is 3.25. The monoisotopic (exact) mass is 331 g/mol. The van der Waals surface area contributed by atoms with Gasteiger partial charge in [0.15, 0.2) is 0 Å². The fraction of sp³-hybridized carbons (Fsp3) is 0.556. The number of amides is 2. The molecule has 2 aliphatic rings. The molecule has 2 atom stereocenters. The molecule has 3 rings (SSSR count). The SMILES string of the molecule is CC1(CN)CCN(C(=O)c2cccc(NC(=O)C3CCCO3)c2)C1. The van der Waals surface area contributed by atoms with Crippen molar-refractivity contribution >= 4 is 17.5 Å². The van der Waals surface area contributed by atoms with E-state index in [4.69, 9.17) is 10.5 Å². The summed E-state index contributed by atoms with van der Waals surface area (Å²) in [5.74, 6) is -0.158. The van der Waals surface area contributed by atoms with Crippen LogP contribution in [0.3, 0.4) is 0 Å². The first kappa shape index (κ1) is 16.9. The van der Waals surface area contributed by atoms with Gasteiger partial charge in [-0.25, -0.2) is 0 Å². The maximum atomic E-state index is 12.7. The summed E-state index contributed by atoms with van der Waals surface area (Å²) < 4.78 is 5.38. The molecule has 6 heteroatoms. The van der Waals surface area contributed by atoms with Crippen molar-refractivity contribution in [3.8, 4) is 0 Å². The fourth-order valence-corrected chi connectivity index (χ4v) is 3.28. The molecule has 2 fully saturated rings. The highest BCUT2D eigenvalue weighted by Gasteiger charge is 2.35. The molecule has 1 aromatic carbocycles. The van der Waals surface area contributed by atoms with Gasteiger partial charge in [-0.1, -0.05) is 13.0 Å². The first-order valence-corrected chi connectivity index (χ1v) is 8.53. The summed E-state index contributed by atoms with van der Waals surface area (Å²) in [5, 5.41) is 2.84. The van der Waals surface area contributed by atoms with Crippen LogP contribution in [-0.2, 0) is 9.53 Å². The van der Waals surface area contributed by atoms with Crippen molar-refractivity contribution in [3.05, 3.63) is 29.8 Å². The van der Waals surface area contributed by atoms with Gasteiger partial charge < -0.3 is 20.7 Å². The van der Waals surface area contributed by atoms with Crippen LogP contribution in [0.5, 0.6) is 0 Å². The second kappa shape index (κ2) is 6.91. The van der Waals surface area contributed by atoms with Crippen molar-refractivity contribution < 1.29 is 14.3 Å². The average molecular weight is 331 g/mol. The van der Waals surface area contributed by atoms with E-state index in [1.54, 1.807) is 24.3 Å². The van der Waals surface area contributed by atoms with Gasteiger partial charge in [-0.2, -0.15) is 0 Å². The molecule has 0 spiro atoms. The number of benzene rings is 1. The lowest BCUT2D eigenvalue weighted by Crippen LogP contribution is -2.34. The number of nitrogens with one attached hydrogen (secondary N) is 1. The maximum absolute atomic E-state index is 12.7. The van der Waals surface area contributed by atoms with Crippen molar-refractivity contribution in [1.29, 1.82) is 0 Å². The van der Waals surface area contributed by atoms with Gasteiger partial charge in [0.2, 0.25) is 0 Å². The molecule has 0 saturated carbocycles. The number of hydrogen-bond acceptors (Lipinski definition) is 4. The minimum Gasteiger partial charge on any atom is -0.368 e. The number of nitrogens with two attached hydrogens (primary N) is 1. The van der Waals surface area contributed by atoms with Crippen LogP contribution in [0, 0.1) is 5.41 Å². The van der Waals surface area contributed by atoms with Gasteiger partial charge in [-0.3, -0.25) is 9.59 Å². The molecule has 24 heavy (non-hydrogen) atoms. The Labute approximate surface area is 142 Å². The van der Waals surface area contributed by atoms with Crippen LogP contribution >= 0.6 is 0 Å². The van der Waals surface area contributed by atoms with Crippen LogP contribution < -0.4 is 11.1 Å². The Balaban J connectivity index is 1.66.